The summed E-state index contributed by atoms with van der Waals surface area (Å²) in [5, 5.41) is 0.213. The van der Waals surface area contributed by atoms with Gasteiger partial charge in [0.05, 0.1) is 17.8 Å². The largest absolute Gasteiger partial charge is 0.372 e. The van der Waals surface area contributed by atoms with Gasteiger partial charge in [-0.15, -0.1) is 0 Å². The Bertz CT molecular complexity index is 501. The molecule has 0 aliphatic carbocycles. The lowest BCUT2D eigenvalue weighted by Gasteiger charge is -2.48. The topological polar surface area (TPSA) is 42.0 Å². The molecule has 0 aliphatic heterocycles. The molecule has 0 atom stereocenters. The van der Waals surface area contributed by atoms with Crippen LogP contribution in [0.1, 0.15) is 96.9 Å². The standard InChI is InChI=1S/C24H51N2O3PS/c1-17(2)22(27)31-16-24(13,14)28-15-23(11,12)29-30(25(18(3)4)19(5)6)26(20(7)8)21(9)10/h17-21H,15-16H2,1-14H3. The third-order valence-electron chi connectivity index (χ3n) is 4.68. The van der Waals surface area contributed by atoms with Crippen molar-refractivity contribution in [1.82, 2.24) is 9.34 Å². The summed E-state index contributed by atoms with van der Waals surface area (Å²) >= 11 is 1.36. The molecule has 0 aromatic heterocycles. The molecule has 0 aromatic rings. The van der Waals surface area contributed by atoms with Crippen molar-refractivity contribution < 1.29 is 14.1 Å². The fraction of sp³-hybridized carbons (Fsp3) is 0.958. The van der Waals surface area contributed by atoms with Crippen LogP contribution in [0.4, 0.5) is 0 Å². The summed E-state index contributed by atoms with van der Waals surface area (Å²) in [5.74, 6) is 0.684. The summed E-state index contributed by atoms with van der Waals surface area (Å²) in [4.78, 5) is 12.0. The fourth-order valence-electron chi connectivity index (χ4n) is 3.27. The lowest BCUT2D eigenvalue weighted by Crippen LogP contribution is -2.46. The highest BCUT2D eigenvalue weighted by Crippen LogP contribution is 2.53. The molecule has 0 radical (unpaired) electrons. The first-order chi connectivity index (χ1) is 13.9. The molecule has 0 N–H and O–H groups in total. The normalized spacial score (nSPS) is 14.0. The number of hydrogen-bond acceptors (Lipinski definition) is 6. The molecule has 0 amide bonds. The summed E-state index contributed by atoms with van der Waals surface area (Å²) in [6.45, 7) is 30.6. The van der Waals surface area contributed by atoms with Gasteiger partial charge in [0.1, 0.15) is 0 Å². The molecule has 0 aromatic carbocycles. The van der Waals surface area contributed by atoms with Crippen LogP contribution in [0, 0.1) is 5.92 Å². The first-order valence-electron chi connectivity index (χ1n) is 11.8. The maximum absolute atomic E-state index is 12.0. The minimum absolute atomic E-state index is 0.0419. The van der Waals surface area contributed by atoms with Crippen molar-refractivity contribution in [1.29, 1.82) is 0 Å². The Morgan fingerprint density at radius 1 is 0.774 bits per heavy atom. The second-order valence-electron chi connectivity index (χ2n) is 11.0. The molecule has 0 rings (SSSR count). The van der Waals surface area contributed by atoms with Crippen molar-refractivity contribution in [2.24, 2.45) is 5.92 Å². The number of ether oxygens (including phenoxy) is 1. The molecule has 31 heavy (non-hydrogen) atoms. The first-order valence-corrected chi connectivity index (χ1v) is 13.9. The third-order valence-corrected chi connectivity index (χ3v) is 9.57. The number of carbonyl (C=O) groups is 1. The highest BCUT2D eigenvalue weighted by molar-refractivity contribution is 8.13. The SMILES string of the molecule is CC(C)C(=O)SCC(C)(C)OCC(C)(C)OP(N(C(C)C)C(C)C)N(C(C)C)C(C)C. The van der Waals surface area contributed by atoms with Gasteiger partial charge in [-0.2, -0.15) is 0 Å². The van der Waals surface area contributed by atoms with E-state index in [1.165, 1.54) is 11.8 Å². The lowest BCUT2D eigenvalue weighted by atomic mass is 10.1. The predicted octanol–water partition coefficient (Wildman–Crippen LogP) is 6.96. The average molecular weight is 479 g/mol. The van der Waals surface area contributed by atoms with Crippen LogP contribution >= 0.6 is 20.2 Å². The van der Waals surface area contributed by atoms with Gasteiger partial charge in [0.2, 0.25) is 0 Å². The highest BCUT2D eigenvalue weighted by Gasteiger charge is 2.39. The summed E-state index contributed by atoms with van der Waals surface area (Å²) in [5.41, 5.74) is -0.857. The third kappa shape index (κ3) is 11.3. The average Bonchev–Trinajstić information content (AvgIpc) is 2.56. The van der Waals surface area contributed by atoms with Crippen LogP contribution in [-0.2, 0) is 14.1 Å². The van der Waals surface area contributed by atoms with Gasteiger partial charge >= 0.3 is 0 Å². The lowest BCUT2D eigenvalue weighted by molar-refractivity contribution is -0.113. The number of thioether (sulfide) groups is 1. The van der Waals surface area contributed by atoms with Crippen LogP contribution in [0.3, 0.4) is 0 Å². The van der Waals surface area contributed by atoms with Gasteiger partial charge in [-0.1, -0.05) is 25.6 Å². The number of rotatable bonds is 14. The molecule has 0 saturated heterocycles. The predicted molar refractivity (Wildman–Crippen MR) is 139 cm³/mol. The smallest absolute Gasteiger partial charge is 0.191 e. The molecule has 0 unspecified atom stereocenters. The highest BCUT2D eigenvalue weighted by atomic mass is 32.2. The second-order valence-corrected chi connectivity index (χ2v) is 13.6. The minimum Gasteiger partial charge on any atom is -0.372 e. The Kier molecular flexibility index (Phi) is 13.4. The Morgan fingerprint density at radius 3 is 1.48 bits per heavy atom. The summed E-state index contributed by atoms with van der Waals surface area (Å²) in [7, 11) is -0.980. The van der Waals surface area contributed by atoms with Gasteiger partial charge in [0, 0.05) is 35.8 Å². The molecule has 0 spiro atoms. The van der Waals surface area contributed by atoms with Crippen molar-refractivity contribution in [3.8, 4) is 0 Å². The first kappa shape index (κ1) is 31.3. The Balaban J connectivity index is 5.50. The van der Waals surface area contributed by atoms with Crippen molar-refractivity contribution in [2.75, 3.05) is 12.4 Å². The van der Waals surface area contributed by atoms with Crippen LogP contribution in [0.15, 0.2) is 0 Å². The van der Waals surface area contributed by atoms with Crippen molar-refractivity contribution in [2.45, 2.75) is 132 Å². The molecular weight excluding hydrogens is 427 g/mol. The van der Waals surface area contributed by atoms with Crippen molar-refractivity contribution in [3.05, 3.63) is 0 Å². The van der Waals surface area contributed by atoms with Crippen molar-refractivity contribution in [3.63, 3.8) is 0 Å². The van der Waals surface area contributed by atoms with E-state index in [1.807, 2.05) is 13.8 Å². The summed E-state index contributed by atoms with van der Waals surface area (Å²) in [6.07, 6.45) is 0. The molecule has 0 fully saturated rings. The van der Waals surface area contributed by atoms with E-state index in [0.29, 0.717) is 36.5 Å². The van der Waals surface area contributed by atoms with Gasteiger partial charge in [-0.05, 0) is 83.1 Å². The Morgan fingerprint density at radius 2 is 1.16 bits per heavy atom. The van der Waals surface area contributed by atoms with Crippen LogP contribution < -0.4 is 0 Å². The van der Waals surface area contributed by atoms with Gasteiger partial charge in [-0.25, -0.2) is 9.34 Å². The molecule has 0 aliphatic rings. The minimum atomic E-state index is -0.980. The number of carbonyl (C=O) groups excluding carboxylic acids is 1. The van der Waals surface area contributed by atoms with E-state index in [2.05, 4.69) is 92.4 Å². The Hall–Kier alpha value is 0.290. The zero-order valence-corrected chi connectivity index (χ0v) is 24.5. The van der Waals surface area contributed by atoms with Gasteiger partial charge in [0.15, 0.2) is 13.6 Å². The number of hydrogen-bond donors (Lipinski definition) is 0. The van der Waals surface area contributed by atoms with E-state index < -0.39 is 19.7 Å². The van der Waals surface area contributed by atoms with Gasteiger partial charge in [-0.3, -0.25) is 4.79 Å². The van der Waals surface area contributed by atoms with Gasteiger partial charge < -0.3 is 9.26 Å². The molecule has 186 valence electrons. The van der Waals surface area contributed by atoms with E-state index in [4.69, 9.17) is 9.26 Å². The molecule has 0 saturated carbocycles. The molecule has 7 heteroatoms. The van der Waals surface area contributed by atoms with E-state index in [0.717, 1.165) is 0 Å². The molecule has 0 bridgehead atoms. The van der Waals surface area contributed by atoms with Crippen molar-refractivity contribution >= 4 is 25.3 Å². The van der Waals surface area contributed by atoms with E-state index >= 15 is 0 Å². The Labute approximate surface area is 199 Å². The quantitative estimate of drug-likeness (QED) is 0.251. The maximum Gasteiger partial charge on any atom is 0.191 e. The molecule has 0 heterocycles. The fourth-order valence-corrected chi connectivity index (χ4v) is 6.68. The van der Waals surface area contributed by atoms with Gasteiger partial charge in [0.25, 0.3) is 0 Å². The van der Waals surface area contributed by atoms with E-state index in [1.54, 1.807) is 0 Å². The zero-order chi connectivity index (χ0) is 24.7. The van der Waals surface area contributed by atoms with Crippen LogP contribution in [0.25, 0.3) is 0 Å². The molecule has 5 nitrogen and oxygen atoms in total. The summed E-state index contributed by atoms with van der Waals surface area (Å²) < 4.78 is 18.2. The summed E-state index contributed by atoms with van der Waals surface area (Å²) in [6, 6.07) is 1.49. The zero-order valence-electron chi connectivity index (χ0n) is 22.8. The monoisotopic (exact) mass is 478 g/mol. The number of nitrogens with zero attached hydrogens (tertiary/aromatic N) is 2. The van der Waals surface area contributed by atoms with E-state index in [9.17, 15) is 4.79 Å². The second kappa shape index (κ2) is 13.2. The van der Waals surface area contributed by atoms with Crippen LogP contribution in [0.5, 0.6) is 0 Å². The molecular formula is C24H51N2O3PS. The van der Waals surface area contributed by atoms with Crippen LogP contribution in [-0.4, -0.2) is 62.2 Å². The maximum atomic E-state index is 12.0. The van der Waals surface area contributed by atoms with Crippen LogP contribution in [0.2, 0.25) is 0 Å². The van der Waals surface area contributed by atoms with E-state index in [-0.39, 0.29) is 11.0 Å².